The largest absolute Gasteiger partial charge is 0.465 e. The van der Waals surface area contributed by atoms with Crippen LogP contribution < -0.4 is 5.32 Å². The Morgan fingerprint density at radius 3 is 2.79 bits per heavy atom. The number of ether oxygens (including phenoxy) is 1. The van der Waals surface area contributed by atoms with E-state index < -0.39 is 0 Å². The fourth-order valence-electron chi connectivity index (χ4n) is 1.65. The Hall–Kier alpha value is -1.35. The van der Waals surface area contributed by atoms with E-state index in [4.69, 9.17) is 4.74 Å². The van der Waals surface area contributed by atoms with E-state index in [9.17, 15) is 4.79 Å². The van der Waals surface area contributed by atoms with Gasteiger partial charge in [0.1, 0.15) is 0 Å². The maximum Gasteiger partial charge on any atom is 0.338 e. The second kappa shape index (κ2) is 3.80. The third kappa shape index (κ3) is 1.51. The molecular weight excluding hydrogens is 178 g/mol. The van der Waals surface area contributed by atoms with Gasteiger partial charge in [0.15, 0.2) is 0 Å². The molecule has 3 heteroatoms. The predicted octanol–water partition coefficient (Wildman–Crippen LogP) is 1.51. The molecule has 1 fully saturated rings. The van der Waals surface area contributed by atoms with Crippen molar-refractivity contribution in [2.45, 2.75) is 12.5 Å². The molecule has 1 atom stereocenters. The van der Waals surface area contributed by atoms with Crippen molar-refractivity contribution >= 4 is 5.97 Å². The van der Waals surface area contributed by atoms with Gasteiger partial charge in [-0.3, -0.25) is 0 Å². The van der Waals surface area contributed by atoms with E-state index in [0.717, 1.165) is 18.5 Å². The molecule has 1 heterocycles. The Labute approximate surface area is 83.1 Å². The Morgan fingerprint density at radius 1 is 1.50 bits per heavy atom. The van der Waals surface area contributed by atoms with E-state index in [0.29, 0.717) is 11.6 Å². The normalized spacial score (nSPS) is 19.9. The van der Waals surface area contributed by atoms with Crippen LogP contribution in [-0.2, 0) is 4.74 Å². The van der Waals surface area contributed by atoms with Crippen LogP contribution in [0.2, 0.25) is 0 Å². The predicted molar refractivity (Wildman–Crippen MR) is 53.1 cm³/mol. The highest BCUT2D eigenvalue weighted by molar-refractivity contribution is 5.91. The monoisotopic (exact) mass is 191 g/mol. The van der Waals surface area contributed by atoms with Crippen molar-refractivity contribution in [2.75, 3.05) is 13.7 Å². The molecule has 0 radical (unpaired) electrons. The summed E-state index contributed by atoms with van der Waals surface area (Å²) in [5.74, 6) is -0.255. The standard InChI is InChI=1S/C11H13NO2/c1-14-11(13)9-5-3-2-4-8(9)10-6-7-12-10/h2-5,10,12H,6-7H2,1H3/t10-/m0/s1. The number of esters is 1. The van der Waals surface area contributed by atoms with Crippen LogP contribution in [0, 0.1) is 0 Å². The van der Waals surface area contributed by atoms with Crippen molar-refractivity contribution in [2.24, 2.45) is 0 Å². The minimum absolute atomic E-state index is 0.255. The molecule has 1 saturated heterocycles. The molecule has 1 aliphatic heterocycles. The van der Waals surface area contributed by atoms with Gasteiger partial charge >= 0.3 is 5.97 Å². The van der Waals surface area contributed by atoms with E-state index in [2.05, 4.69) is 5.32 Å². The molecule has 0 aliphatic carbocycles. The van der Waals surface area contributed by atoms with Gasteiger partial charge < -0.3 is 10.1 Å². The average molecular weight is 191 g/mol. The van der Waals surface area contributed by atoms with Crippen LogP contribution in [0.1, 0.15) is 28.4 Å². The summed E-state index contributed by atoms with van der Waals surface area (Å²) in [5.41, 5.74) is 1.72. The summed E-state index contributed by atoms with van der Waals surface area (Å²) >= 11 is 0. The molecule has 0 bridgehead atoms. The Bertz CT molecular complexity index is 345. The first-order valence-electron chi connectivity index (χ1n) is 4.73. The summed E-state index contributed by atoms with van der Waals surface area (Å²) in [6.45, 7) is 1.03. The summed E-state index contributed by atoms with van der Waals surface area (Å²) < 4.78 is 4.73. The molecule has 0 aromatic heterocycles. The third-order valence-electron chi connectivity index (χ3n) is 2.57. The molecule has 1 aliphatic rings. The zero-order valence-electron chi connectivity index (χ0n) is 8.12. The first kappa shape index (κ1) is 9.21. The fourth-order valence-corrected chi connectivity index (χ4v) is 1.65. The van der Waals surface area contributed by atoms with Gasteiger partial charge in [-0.05, 0) is 24.6 Å². The SMILES string of the molecule is COC(=O)c1ccccc1[C@@H]1CCN1. The van der Waals surface area contributed by atoms with Crippen LogP contribution in [0.4, 0.5) is 0 Å². The van der Waals surface area contributed by atoms with Crippen molar-refractivity contribution in [3.8, 4) is 0 Å². The second-order valence-electron chi connectivity index (χ2n) is 3.37. The lowest BCUT2D eigenvalue weighted by Crippen LogP contribution is -2.36. The van der Waals surface area contributed by atoms with Crippen molar-refractivity contribution in [1.82, 2.24) is 5.32 Å². The van der Waals surface area contributed by atoms with E-state index in [-0.39, 0.29) is 5.97 Å². The lowest BCUT2D eigenvalue weighted by Gasteiger charge is -2.29. The van der Waals surface area contributed by atoms with Gasteiger partial charge in [-0.25, -0.2) is 4.79 Å². The highest BCUT2D eigenvalue weighted by atomic mass is 16.5. The van der Waals surface area contributed by atoms with E-state index in [1.54, 1.807) is 6.07 Å². The number of carbonyl (C=O) groups is 1. The molecule has 0 amide bonds. The zero-order valence-corrected chi connectivity index (χ0v) is 8.12. The minimum atomic E-state index is -0.255. The molecule has 14 heavy (non-hydrogen) atoms. The van der Waals surface area contributed by atoms with Crippen LogP contribution >= 0.6 is 0 Å². The van der Waals surface area contributed by atoms with Crippen molar-refractivity contribution < 1.29 is 9.53 Å². The Balaban J connectivity index is 2.32. The molecule has 1 aromatic rings. The summed E-state index contributed by atoms with van der Waals surface area (Å²) in [5, 5.41) is 3.27. The fraction of sp³-hybridized carbons (Fsp3) is 0.364. The number of hydrogen-bond acceptors (Lipinski definition) is 3. The quantitative estimate of drug-likeness (QED) is 0.720. The highest BCUT2D eigenvalue weighted by Gasteiger charge is 2.23. The molecule has 2 rings (SSSR count). The topological polar surface area (TPSA) is 38.3 Å². The first-order chi connectivity index (χ1) is 6.83. The number of rotatable bonds is 2. The molecule has 0 unspecified atom stereocenters. The zero-order chi connectivity index (χ0) is 9.97. The molecule has 74 valence electrons. The number of methoxy groups -OCH3 is 1. The summed E-state index contributed by atoms with van der Waals surface area (Å²) in [6.07, 6.45) is 1.09. The first-order valence-corrected chi connectivity index (χ1v) is 4.73. The molecule has 0 saturated carbocycles. The van der Waals surface area contributed by atoms with Gasteiger partial charge in [0.25, 0.3) is 0 Å². The van der Waals surface area contributed by atoms with Gasteiger partial charge in [0, 0.05) is 6.04 Å². The highest BCUT2D eigenvalue weighted by Crippen LogP contribution is 2.26. The van der Waals surface area contributed by atoms with Crippen LogP contribution in [0.25, 0.3) is 0 Å². The third-order valence-corrected chi connectivity index (χ3v) is 2.57. The molecule has 3 nitrogen and oxygen atoms in total. The number of nitrogens with one attached hydrogen (secondary N) is 1. The molecule has 0 spiro atoms. The van der Waals surface area contributed by atoms with Crippen molar-refractivity contribution in [3.63, 3.8) is 0 Å². The molecular formula is C11H13NO2. The maximum absolute atomic E-state index is 11.4. The molecule has 1 N–H and O–H groups in total. The second-order valence-corrected chi connectivity index (χ2v) is 3.37. The summed E-state index contributed by atoms with van der Waals surface area (Å²) in [4.78, 5) is 11.4. The minimum Gasteiger partial charge on any atom is -0.465 e. The summed E-state index contributed by atoms with van der Waals surface area (Å²) in [7, 11) is 1.41. The number of benzene rings is 1. The van der Waals surface area contributed by atoms with E-state index in [1.807, 2.05) is 18.2 Å². The molecule has 1 aromatic carbocycles. The van der Waals surface area contributed by atoms with E-state index in [1.165, 1.54) is 7.11 Å². The number of hydrogen-bond donors (Lipinski definition) is 1. The van der Waals surface area contributed by atoms with Gasteiger partial charge in [-0.1, -0.05) is 18.2 Å². The van der Waals surface area contributed by atoms with Gasteiger partial charge in [0.05, 0.1) is 12.7 Å². The van der Waals surface area contributed by atoms with Gasteiger partial charge in [-0.2, -0.15) is 0 Å². The van der Waals surface area contributed by atoms with E-state index >= 15 is 0 Å². The Morgan fingerprint density at radius 2 is 2.21 bits per heavy atom. The van der Waals surface area contributed by atoms with Crippen LogP contribution in [0.3, 0.4) is 0 Å². The lowest BCUT2D eigenvalue weighted by molar-refractivity contribution is 0.0598. The smallest absolute Gasteiger partial charge is 0.338 e. The van der Waals surface area contributed by atoms with Crippen molar-refractivity contribution in [3.05, 3.63) is 35.4 Å². The maximum atomic E-state index is 11.4. The van der Waals surface area contributed by atoms with Crippen LogP contribution in [0.5, 0.6) is 0 Å². The lowest BCUT2D eigenvalue weighted by atomic mass is 9.93. The summed E-state index contributed by atoms with van der Waals surface area (Å²) in [6, 6.07) is 7.91. The van der Waals surface area contributed by atoms with Gasteiger partial charge in [-0.15, -0.1) is 0 Å². The van der Waals surface area contributed by atoms with Gasteiger partial charge in [0.2, 0.25) is 0 Å². The average Bonchev–Trinajstić information content (AvgIpc) is 2.15. The van der Waals surface area contributed by atoms with Crippen LogP contribution in [0.15, 0.2) is 24.3 Å². The Kier molecular flexibility index (Phi) is 2.50. The number of carbonyl (C=O) groups excluding carboxylic acids is 1. The van der Waals surface area contributed by atoms with Crippen LogP contribution in [-0.4, -0.2) is 19.6 Å². The van der Waals surface area contributed by atoms with Crippen molar-refractivity contribution in [1.29, 1.82) is 0 Å².